The normalized spacial score (nSPS) is 18.7. The van der Waals surface area contributed by atoms with E-state index in [9.17, 15) is 9.59 Å². The minimum atomic E-state index is 0.0558. The van der Waals surface area contributed by atoms with E-state index in [0.717, 1.165) is 16.7 Å². The Bertz CT molecular complexity index is 598. The molecule has 2 heterocycles. The molecule has 2 saturated heterocycles. The van der Waals surface area contributed by atoms with E-state index in [4.69, 9.17) is 4.74 Å². The summed E-state index contributed by atoms with van der Waals surface area (Å²) in [5.41, 5.74) is 2.93. The van der Waals surface area contributed by atoms with Gasteiger partial charge in [0, 0.05) is 44.8 Å². The van der Waals surface area contributed by atoms with Crippen molar-refractivity contribution in [1.82, 2.24) is 14.7 Å². The molecular formula is C18H25N3O3. The average Bonchev–Trinajstić information content (AvgIpc) is 2.60. The molecule has 0 radical (unpaired) electrons. The number of carbonyl (C=O) groups is 2. The zero-order chi connectivity index (χ0) is 17.1. The van der Waals surface area contributed by atoms with Crippen LogP contribution in [0.2, 0.25) is 0 Å². The van der Waals surface area contributed by atoms with Crippen molar-refractivity contribution in [3.05, 3.63) is 34.9 Å². The Morgan fingerprint density at radius 2 is 1.29 bits per heavy atom. The van der Waals surface area contributed by atoms with Gasteiger partial charge in [0.05, 0.1) is 13.2 Å². The second kappa shape index (κ2) is 7.21. The van der Waals surface area contributed by atoms with Gasteiger partial charge in [-0.2, -0.15) is 0 Å². The van der Waals surface area contributed by atoms with Crippen molar-refractivity contribution in [2.75, 3.05) is 52.5 Å². The van der Waals surface area contributed by atoms with Gasteiger partial charge in [0.25, 0.3) is 5.91 Å². The number of urea groups is 1. The molecule has 130 valence electrons. The van der Waals surface area contributed by atoms with Gasteiger partial charge in [-0.25, -0.2) is 4.79 Å². The summed E-state index contributed by atoms with van der Waals surface area (Å²) in [4.78, 5) is 30.7. The number of ether oxygens (including phenoxy) is 1. The zero-order valence-corrected chi connectivity index (χ0v) is 14.5. The summed E-state index contributed by atoms with van der Waals surface area (Å²) in [6, 6.07) is 5.99. The van der Waals surface area contributed by atoms with Crippen molar-refractivity contribution in [3.63, 3.8) is 0 Å². The smallest absolute Gasteiger partial charge is 0.320 e. The van der Waals surface area contributed by atoms with Crippen molar-refractivity contribution in [2.24, 2.45) is 0 Å². The Labute approximate surface area is 143 Å². The number of rotatable bonds is 1. The fourth-order valence-corrected chi connectivity index (χ4v) is 3.34. The molecule has 6 nitrogen and oxygen atoms in total. The predicted molar refractivity (Wildman–Crippen MR) is 91.2 cm³/mol. The Morgan fingerprint density at radius 3 is 1.88 bits per heavy atom. The monoisotopic (exact) mass is 331 g/mol. The lowest BCUT2D eigenvalue weighted by Crippen LogP contribution is -2.55. The van der Waals surface area contributed by atoms with E-state index in [0.29, 0.717) is 52.5 Å². The SMILES string of the molecule is Cc1cc(C)cc(C(=O)N2CCN(C(=O)N3CCOCC3)CC2)c1. The maximum Gasteiger partial charge on any atom is 0.320 e. The first-order valence-corrected chi connectivity index (χ1v) is 8.54. The first kappa shape index (κ1) is 16.8. The fraction of sp³-hybridized carbons (Fsp3) is 0.556. The van der Waals surface area contributed by atoms with Crippen LogP contribution in [0, 0.1) is 13.8 Å². The molecule has 0 aromatic heterocycles. The number of piperazine rings is 1. The lowest BCUT2D eigenvalue weighted by molar-refractivity contribution is 0.0362. The van der Waals surface area contributed by atoms with Gasteiger partial charge in [-0.1, -0.05) is 17.2 Å². The van der Waals surface area contributed by atoms with Crippen LogP contribution in [0.15, 0.2) is 18.2 Å². The van der Waals surface area contributed by atoms with Crippen LogP contribution in [-0.2, 0) is 4.74 Å². The molecular weight excluding hydrogens is 306 g/mol. The Balaban J connectivity index is 1.58. The van der Waals surface area contributed by atoms with Gasteiger partial charge in [-0.05, 0) is 26.0 Å². The number of hydrogen-bond acceptors (Lipinski definition) is 3. The second-order valence-electron chi connectivity index (χ2n) is 6.54. The highest BCUT2D eigenvalue weighted by molar-refractivity contribution is 5.94. The molecule has 6 heteroatoms. The van der Waals surface area contributed by atoms with Gasteiger partial charge in [-0.15, -0.1) is 0 Å². The summed E-state index contributed by atoms with van der Waals surface area (Å²) < 4.78 is 5.29. The maximum atomic E-state index is 12.7. The van der Waals surface area contributed by atoms with Crippen LogP contribution in [0.3, 0.4) is 0 Å². The number of morpholine rings is 1. The van der Waals surface area contributed by atoms with Crippen molar-refractivity contribution in [1.29, 1.82) is 0 Å². The van der Waals surface area contributed by atoms with E-state index in [1.807, 2.05) is 40.7 Å². The fourth-order valence-electron chi connectivity index (χ4n) is 3.34. The highest BCUT2D eigenvalue weighted by Crippen LogP contribution is 2.14. The van der Waals surface area contributed by atoms with Crippen LogP contribution in [0.25, 0.3) is 0 Å². The lowest BCUT2D eigenvalue weighted by Gasteiger charge is -2.38. The van der Waals surface area contributed by atoms with E-state index in [1.54, 1.807) is 0 Å². The molecule has 1 aromatic rings. The van der Waals surface area contributed by atoms with Crippen molar-refractivity contribution in [2.45, 2.75) is 13.8 Å². The van der Waals surface area contributed by atoms with E-state index >= 15 is 0 Å². The third-order valence-corrected chi connectivity index (χ3v) is 4.59. The van der Waals surface area contributed by atoms with Gasteiger partial charge >= 0.3 is 6.03 Å². The molecule has 0 atom stereocenters. The highest BCUT2D eigenvalue weighted by atomic mass is 16.5. The standard InChI is InChI=1S/C18H25N3O3/c1-14-11-15(2)13-16(12-14)17(22)19-3-5-20(6-4-19)18(23)21-7-9-24-10-8-21/h11-13H,3-10H2,1-2H3. The molecule has 2 aliphatic heterocycles. The maximum absolute atomic E-state index is 12.7. The largest absolute Gasteiger partial charge is 0.378 e. The highest BCUT2D eigenvalue weighted by Gasteiger charge is 2.28. The molecule has 1 aromatic carbocycles. The second-order valence-corrected chi connectivity index (χ2v) is 6.54. The van der Waals surface area contributed by atoms with Crippen molar-refractivity contribution in [3.8, 4) is 0 Å². The molecule has 0 aliphatic carbocycles. The summed E-state index contributed by atoms with van der Waals surface area (Å²) in [5, 5.41) is 0. The number of aryl methyl sites for hydroxylation is 2. The van der Waals surface area contributed by atoms with Crippen molar-refractivity contribution >= 4 is 11.9 Å². The van der Waals surface area contributed by atoms with Crippen LogP contribution >= 0.6 is 0 Å². The number of nitrogens with zero attached hydrogens (tertiary/aromatic N) is 3. The van der Waals surface area contributed by atoms with Crippen molar-refractivity contribution < 1.29 is 14.3 Å². The predicted octanol–water partition coefficient (Wildman–Crippen LogP) is 1.51. The summed E-state index contributed by atoms with van der Waals surface area (Å²) in [5.74, 6) is 0.0558. The van der Waals surface area contributed by atoms with Gasteiger partial charge in [0.1, 0.15) is 0 Å². The third-order valence-electron chi connectivity index (χ3n) is 4.59. The molecule has 0 unspecified atom stereocenters. The van der Waals surface area contributed by atoms with E-state index < -0.39 is 0 Å². The molecule has 2 aliphatic rings. The first-order valence-electron chi connectivity index (χ1n) is 8.54. The molecule has 24 heavy (non-hydrogen) atoms. The first-order chi connectivity index (χ1) is 11.5. The van der Waals surface area contributed by atoms with E-state index in [1.165, 1.54) is 0 Å². The third kappa shape index (κ3) is 3.70. The van der Waals surface area contributed by atoms with Gasteiger partial charge in [0.15, 0.2) is 0 Å². The van der Waals surface area contributed by atoms with Crippen LogP contribution in [0.4, 0.5) is 4.79 Å². The van der Waals surface area contributed by atoms with E-state index in [-0.39, 0.29) is 11.9 Å². The topological polar surface area (TPSA) is 53.1 Å². The molecule has 0 N–H and O–H groups in total. The average molecular weight is 331 g/mol. The summed E-state index contributed by atoms with van der Waals surface area (Å²) in [6.07, 6.45) is 0. The number of amides is 3. The molecule has 2 fully saturated rings. The zero-order valence-electron chi connectivity index (χ0n) is 14.5. The summed E-state index contributed by atoms with van der Waals surface area (Å²) >= 11 is 0. The Morgan fingerprint density at radius 1 is 0.792 bits per heavy atom. The number of carbonyl (C=O) groups excluding carboxylic acids is 2. The molecule has 0 bridgehead atoms. The Kier molecular flexibility index (Phi) is 5.04. The van der Waals surface area contributed by atoms with Crippen LogP contribution < -0.4 is 0 Å². The number of hydrogen-bond donors (Lipinski definition) is 0. The quantitative estimate of drug-likeness (QED) is 0.784. The van der Waals surface area contributed by atoms with Gasteiger partial charge in [0.2, 0.25) is 0 Å². The molecule has 0 saturated carbocycles. The minimum absolute atomic E-state index is 0.0558. The lowest BCUT2D eigenvalue weighted by atomic mass is 10.1. The summed E-state index contributed by atoms with van der Waals surface area (Å²) in [6.45, 7) is 8.88. The molecule has 0 spiro atoms. The van der Waals surface area contributed by atoms with Gasteiger partial charge in [-0.3, -0.25) is 4.79 Å². The van der Waals surface area contributed by atoms with Crippen LogP contribution in [0.1, 0.15) is 21.5 Å². The Hall–Kier alpha value is -2.08. The van der Waals surface area contributed by atoms with Crippen LogP contribution in [-0.4, -0.2) is 79.1 Å². The molecule has 3 rings (SSSR count). The molecule has 3 amide bonds. The number of benzene rings is 1. The summed E-state index contributed by atoms with van der Waals surface area (Å²) in [7, 11) is 0. The van der Waals surface area contributed by atoms with Gasteiger partial charge < -0.3 is 19.4 Å². The minimum Gasteiger partial charge on any atom is -0.378 e. The van der Waals surface area contributed by atoms with Crippen LogP contribution in [0.5, 0.6) is 0 Å². The van der Waals surface area contributed by atoms with E-state index in [2.05, 4.69) is 6.07 Å².